The van der Waals surface area contributed by atoms with Gasteiger partial charge in [-0.3, -0.25) is 4.79 Å². The van der Waals surface area contributed by atoms with Crippen LogP contribution in [-0.4, -0.2) is 46.3 Å². The summed E-state index contributed by atoms with van der Waals surface area (Å²) in [4.78, 5) is 13.5. The second-order valence-corrected chi connectivity index (χ2v) is 10.9. The van der Waals surface area contributed by atoms with Gasteiger partial charge in [-0.05, 0) is 49.9 Å². The van der Waals surface area contributed by atoms with Crippen molar-refractivity contribution in [2.24, 2.45) is 0 Å². The van der Waals surface area contributed by atoms with Gasteiger partial charge in [0, 0.05) is 24.7 Å². The minimum atomic E-state index is -3.84. The Morgan fingerprint density at radius 1 is 1.32 bits per heavy atom. The fourth-order valence-electron chi connectivity index (χ4n) is 3.54. The Kier molecular flexibility index (Phi) is 4.45. The largest absolute Gasteiger partial charge is 0.312 e. The second kappa shape index (κ2) is 6.07. The van der Waals surface area contributed by atoms with E-state index in [1.807, 2.05) is 0 Å². The molecule has 2 heterocycles. The first-order valence-corrected chi connectivity index (χ1v) is 11.5. The average Bonchev–Trinajstić information content (AvgIpc) is 2.78. The van der Waals surface area contributed by atoms with E-state index in [1.165, 1.54) is 13.0 Å². The molecule has 1 aromatic rings. The Labute approximate surface area is 148 Å². The van der Waals surface area contributed by atoms with Crippen LogP contribution < -0.4 is 9.62 Å². The lowest BCUT2D eigenvalue weighted by Gasteiger charge is -2.29. The fraction of sp³-hybridized carbons (Fsp3) is 0.562. The number of benzene rings is 1. The molecule has 2 aliphatic rings. The number of sulfone groups is 1. The molecule has 0 spiro atoms. The highest BCUT2D eigenvalue weighted by Gasteiger charge is 2.41. The van der Waals surface area contributed by atoms with Crippen molar-refractivity contribution in [1.29, 1.82) is 0 Å². The van der Waals surface area contributed by atoms with Gasteiger partial charge in [-0.25, -0.2) is 21.6 Å². The minimum Gasteiger partial charge on any atom is -0.312 e. The van der Waals surface area contributed by atoms with Gasteiger partial charge < -0.3 is 4.90 Å². The van der Waals surface area contributed by atoms with E-state index >= 15 is 0 Å². The molecule has 0 aliphatic carbocycles. The monoisotopic (exact) mass is 386 g/mol. The summed E-state index contributed by atoms with van der Waals surface area (Å²) in [5, 5.41) is 0. The molecule has 1 N–H and O–H groups in total. The summed E-state index contributed by atoms with van der Waals surface area (Å²) in [6.45, 7) is 3.73. The lowest BCUT2D eigenvalue weighted by atomic mass is 10.0. The Morgan fingerprint density at radius 2 is 2.04 bits per heavy atom. The summed E-state index contributed by atoms with van der Waals surface area (Å²) in [6.07, 6.45) is 1.74. The van der Waals surface area contributed by atoms with Crippen LogP contribution in [0.15, 0.2) is 23.1 Å². The average molecular weight is 386 g/mol. The van der Waals surface area contributed by atoms with Crippen molar-refractivity contribution in [1.82, 2.24) is 4.72 Å². The van der Waals surface area contributed by atoms with Gasteiger partial charge in [0.2, 0.25) is 15.9 Å². The molecule has 138 valence electrons. The standard InChI is InChI=1S/C16H22N2O5S2/c1-12(19)18-8-3-4-13-10-14(5-6-15(13)18)25(22,23)17-16(2)7-9-24(20,21)11-16/h5-6,10,17H,3-4,7-9,11H2,1-2H3/t16-/m0/s1. The van der Waals surface area contributed by atoms with Crippen LogP contribution in [0.2, 0.25) is 0 Å². The molecule has 1 fully saturated rings. The van der Waals surface area contributed by atoms with Gasteiger partial charge in [0.25, 0.3) is 0 Å². The van der Waals surface area contributed by atoms with Crippen molar-refractivity contribution in [3.63, 3.8) is 0 Å². The van der Waals surface area contributed by atoms with Gasteiger partial charge in [0.05, 0.1) is 16.4 Å². The molecule has 0 bridgehead atoms. The number of amides is 1. The zero-order chi connectivity index (χ0) is 18.5. The molecular formula is C16H22N2O5S2. The zero-order valence-electron chi connectivity index (χ0n) is 14.3. The highest BCUT2D eigenvalue weighted by Crippen LogP contribution is 2.31. The summed E-state index contributed by atoms with van der Waals surface area (Å²) in [6, 6.07) is 4.70. The Bertz CT molecular complexity index is 924. The number of nitrogens with one attached hydrogen (secondary N) is 1. The highest BCUT2D eigenvalue weighted by atomic mass is 32.2. The van der Waals surface area contributed by atoms with Crippen LogP contribution in [0.1, 0.15) is 32.3 Å². The smallest absolute Gasteiger partial charge is 0.241 e. The molecule has 7 nitrogen and oxygen atoms in total. The number of hydrogen-bond donors (Lipinski definition) is 1. The lowest BCUT2D eigenvalue weighted by molar-refractivity contribution is -0.116. The van der Waals surface area contributed by atoms with Crippen molar-refractivity contribution in [3.05, 3.63) is 23.8 Å². The van der Waals surface area contributed by atoms with Crippen LogP contribution in [0, 0.1) is 0 Å². The van der Waals surface area contributed by atoms with Crippen LogP contribution in [0.4, 0.5) is 5.69 Å². The number of rotatable bonds is 3. The number of sulfonamides is 1. The molecule has 0 saturated carbocycles. The number of carbonyl (C=O) groups is 1. The number of anilines is 1. The molecule has 1 aromatic carbocycles. The maximum atomic E-state index is 12.7. The number of aryl methyl sites for hydroxylation is 1. The van der Waals surface area contributed by atoms with Crippen LogP contribution in [-0.2, 0) is 31.1 Å². The molecule has 1 amide bonds. The molecule has 1 saturated heterocycles. The van der Waals surface area contributed by atoms with E-state index in [0.717, 1.165) is 17.7 Å². The third-order valence-electron chi connectivity index (χ3n) is 4.74. The van der Waals surface area contributed by atoms with Crippen LogP contribution in [0.3, 0.4) is 0 Å². The minimum absolute atomic E-state index is 0.0101. The van der Waals surface area contributed by atoms with E-state index < -0.39 is 25.4 Å². The van der Waals surface area contributed by atoms with E-state index in [0.29, 0.717) is 13.0 Å². The SMILES string of the molecule is CC(=O)N1CCCc2cc(S(=O)(=O)N[C@@]3(C)CCS(=O)(=O)C3)ccc21. The molecule has 1 atom stereocenters. The van der Waals surface area contributed by atoms with E-state index in [4.69, 9.17) is 0 Å². The maximum Gasteiger partial charge on any atom is 0.241 e. The van der Waals surface area contributed by atoms with Gasteiger partial charge in [-0.15, -0.1) is 0 Å². The van der Waals surface area contributed by atoms with Crippen molar-refractivity contribution in [2.75, 3.05) is 23.0 Å². The van der Waals surface area contributed by atoms with Crippen molar-refractivity contribution >= 4 is 31.5 Å². The number of nitrogens with zero attached hydrogens (tertiary/aromatic N) is 1. The lowest BCUT2D eigenvalue weighted by Crippen LogP contribution is -2.46. The van der Waals surface area contributed by atoms with Crippen LogP contribution in [0.5, 0.6) is 0 Å². The van der Waals surface area contributed by atoms with Crippen molar-refractivity contribution in [2.45, 2.75) is 43.5 Å². The third kappa shape index (κ3) is 3.73. The zero-order valence-corrected chi connectivity index (χ0v) is 15.9. The molecular weight excluding hydrogens is 364 g/mol. The number of carbonyl (C=O) groups excluding carboxylic acids is 1. The Balaban J connectivity index is 1.90. The summed E-state index contributed by atoms with van der Waals surface area (Å²) >= 11 is 0. The molecule has 9 heteroatoms. The van der Waals surface area contributed by atoms with E-state index in [2.05, 4.69) is 4.72 Å². The maximum absolute atomic E-state index is 12.7. The summed E-state index contributed by atoms with van der Waals surface area (Å²) < 4.78 is 51.4. The molecule has 3 rings (SSSR count). The summed E-state index contributed by atoms with van der Waals surface area (Å²) in [5.41, 5.74) is 0.569. The van der Waals surface area contributed by atoms with Gasteiger partial charge in [-0.1, -0.05) is 0 Å². The number of fused-ring (bicyclic) bond motifs is 1. The van der Waals surface area contributed by atoms with Gasteiger partial charge >= 0.3 is 0 Å². The quantitative estimate of drug-likeness (QED) is 0.830. The van der Waals surface area contributed by atoms with Crippen molar-refractivity contribution < 1.29 is 21.6 Å². The molecule has 2 aliphatic heterocycles. The first-order chi connectivity index (χ1) is 11.5. The third-order valence-corrected chi connectivity index (χ3v) is 8.28. The molecule has 0 aromatic heterocycles. The number of hydrogen-bond acceptors (Lipinski definition) is 5. The van der Waals surface area contributed by atoms with E-state index in [1.54, 1.807) is 24.0 Å². The van der Waals surface area contributed by atoms with Crippen LogP contribution >= 0.6 is 0 Å². The predicted octanol–water partition coefficient (Wildman–Crippen LogP) is 0.841. The molecule has 25 heavy (non-hydrogen) atoms. The van der Waals surface area contributed by atoms with E-state index in [9.17, 15) is 21.6 Å². The van der Waals surface area contributed by atoms with Crippen LogP contribution in [0.25, 0.3) is 0 Å². The normalized spacial score (nSPS) is 25.6. The van der Waals surface area contributed by atoms with Crippen molar-refractivity contribution in [3.8, 4) is 0 Å². The predicted molar refractivity (Wildman–Crippen MR) is 94.8 cm³/mol. The summed E-state index contributed by atoms with van der Waals surface area (Å²) in [7, 11) is -7.05. The Morgan fingerprint density at radius 3 is 2.64 bits per heavy atom. The first kappa shape index (κ1) is 18.3. The van der Waals surface area contributed by atoms with Gasteiger partial charge in [-0.2, -0.15) is 0 Å². The summed E-state index contributed by atoms with van der Waals surface area (Å²) in [5.74, 6) is -0.273. The Hall–Kier alpha value is -1.45. The topological polar surface area (TPSA) is 101 Å². The van der Waals surface area contributed by atoms with E-state index in [-0.39, 0.29) is 28.7 Å². The molecule has 0 radical (unpaired) electrons. The fourth-order valence-corrected chi connectivity index (χ4v) is 7.21. The van der Waals surface area contributed by atoms with Gasteiger partial charge in [0.1, 0.15) is 0 Å². The molecule has 0 unspecified atom stereocenters. The second-order valence-electron chi connectivity index (χ2n) is 7.07. The first-order valence-electron chi connectivity index (χ1n) is 8.17. The highest BCUT2D eigenvalue weighted by molar-refractivity contribution is 7.92. The van der Waals surface area contributed by atoms with Gasteiger partial charge in [0.15, 0.2) is 9.84 Å².